The van der Waals surface area contributed by atoms with Gasteiger partial charge in [0.2, 0.25) is 0 Å². The van der Waals surface area contributed by atoms with Gasteiger partial charge in [0.05, 0.1) is 17.9 Å². The summed E-state index contributed by atoms with van der Waals surface area (Å²) in [5, 5.41) is 11.9. The van der Waals surface area contributed by atoms with Crippen molar-refractivity contribution in [3.8, 4) is 0 Å². The number of anilines is 2. The van der Waals surface area contributed by atoms with E-state index in [-0.39, 0.29) is 12.5 Å². The van der Waals surface area contributed by atoms with Crippen LogP contribution in [0, 0.1) is 5.82 Å². The minimum absolute atomic E-state index is 0.0632. The summed E-state index contributed by atoms with van der Waals surface area (Å²) in [6.45, 7) is 7.21. The number of fused-ring (bicyclic) bond motifs is 1. The highest BCUT2D eigenvalue weighted by atomic mass is 19.1. The molecule has 4 rings (SSSR count). The maximum atomic E-state index is 13.5. The fraction of sp³-hybridized carbons (Fsp3) is 0.304. The molecule has 1 aromatic heterocycles. The summed E-state index contributed by atoms with van der Waals surface area (Å²) in [7, 11) is 0. The summed E-state index contributed by atoms with van der Waals surface area (Å²) >= 11 is 0. The molecule has 156 valence electrons. The van der Waals surface area contributed by atoms with Crippen LogP contribution in [-0.4, -0.2) is 41.3 Å². The topological polar surface area (TPSA) is 74.7 Å². The number of allylic oxidation sites excluding steroid dienone is 1. The molecule has 3 heterocycles. The third-order valence-corrected chi connectivity index (χ3v) is 5.40. The summed E-state index contributed by atoms with van der Waals surface area (Å²) in [5.74, 6) is 0.530. The number of ether oxygens (including phenoxy) is 1. The third-order valence-electron chi connectivity index (χ3n) is 5.40. The summed E-state index contributed by atoms with van der Waals surface area (Å²) in [5.41, 5.74) is 2.60. The molecule has 1 amide bonds. The molecule has 0 spiro atoms. The molecule has 0 bridgehead atoms. The average molecular weight is 409 g/mol. The molecule has 0 saturated heterocycles. The van der Waals surface area contributed by atoms with Gasteiger partial charge in [-0.2, -0.15) is 0 Å². The molecule has 7 heteroatoms. The monoisotopic (exact) mass is 409 g/mol. The van der Waals surface area contributed by atoms with E-state index in [2.05, 4.69) is 10.3 Å². The zero-order chi connectivity index (χ0) is 21.5. The van der Waals surface area contributed by atoms with Crippen LogP contribution >= 0.6 is 0 Å². The Hall–Kier alpha value is -3.19. The summed E-state index contributed by atoms with van der Waals surface area (Å²) in [6, 6.07) is 8.10. The van der Waals surface area contributed by atoms with Crippen LogP contribution in [0.15, 0.2) is 48.4 Å². The van der Waals surface area contributed by atoms with Gasteiger partial charge in [0, 0.05) is 36.0 Å². The minimum Gasteiger partial charge on any atom is -0.482 e. The van der Waals surface area contributed by atoms with E-state index in [9.17, 15) is 14.3 Å². The van der Waals surface area contributed by atoms with Crippen molar-refractivity contribution in [1.29, 1.82) is 0 Å². The molecule has 2 aromatic rings. The average Bonchev–Trinajstić information content (AvgIpc) is 3.20. The molecule has 0 fully saturated rings. The van der Waals surface area contributed by atoms with E-state index >= 15 is 0 Å². The minimum atomic E-state index is -0.663. The van der Waals surface area contributed by atoms with Gasteiger partial charge >= 0.3 is 0 Å². The van der Waals surface area contributed by atoms with Crippen LogP contribution in [0.5, 0.6) is 0 Å². The van der Waals surface area contributed by atoms with Gasteiger partial charge in [-0.3, -0.25) is 4.79 Å². The van der Waals surface area contributed by atoms with Crippen LogP contribution < -0.4 is 10.2 Å². The standard InChI is InChI=1S/C23H24FN3O3/c1-4-27(9-10-28)20-8-5-14(13-25-20)17-12-19(30-23(17,2)3)21-16-7-6-15(24)11-18(16)26-22(21)29/h5-8,11-13,28H,4,9-10H2,1-3H3,(H,26,29)/b21-19+. The van der Waals surface area contributed by atoms with Crippen molar-refractivity contribution in [3.63, 3.8) is 0 Å². The molecule has 1 aromatic carbocycles. The van der Waals surface area contributed by atoms with E-state index in [0.29, 0.717) is 29.1 Å². The number of hydrogen-bond donors (Lipinski definition) is 2. The lowest BCUT2D eigenvalue weighted by molar-refractivity contribution is -0.111. The molecule has 2 N–H and O–H groups in total. The van der Waals surface area contributed by atoms with Crippen LogP contribution in [0.2, 0.25) is 0 Å². The SMILES string of the molecule is CCN(CCO)c1ccc(C2=C/C(=C3\C(=O)Nc4cc(F)ccc43)OC2(C)C)cn1. The number of hydrogen-bond acceptors (Lipinski definition) is 5. The van der Waals surface area contributed by atoms with E-state index in [4.69, 9.17) is 4.74 Å². The maximum Gasteiger partial charge on any atom is 0.260 e. The van der Waals surface area contributed by atoms with Crippen LogP contribution in [0.3, 0.4) is 0 Å². The van der Waals surface area contributed by atoms with Crippen LogP contribution in [0.4, 0.5) is 15.9 Å². The second kappa shape index (κ2) is 7.57. The zero-order valence-electron chi connectivity index (χ0n) is 17.2. The number of nitrogens with zero attached hydrogens (tertiary/aromatic N) is 2. The first-order chi connectivity index (χ1) is 14.3. The number of halogens is 1. The Kier molecular flexibility index (Phi) is 5.07. The predicted octanol–water partition coefficient (Wildman–Crippen LogP) is 3.59. The summed E-state index contributed by atoms with van der Waals surface area (Å²) < 4.78 is 19.7. The molecule has 0 atom stereocenters. The Morgan fingerprint density at radius 2 is 2.07 bits per heavy atom. The van der Waals surface area contributed by atoms with E-state index in [1.807, 2.05) is 43.9 Å². The number of aliphatic hydroxyl groups excluding tert-OH is 1. The predicted molar refractivity (Wildman–Crippen MR) is 114 cm³/mol. The van der Waals surface area contributed by atoms with Crippen molar-refractivity contribution in [2.45, 2.75) is 26.4 Å². The van der Waals surface area contributed by atoms with Gasteiger partial charge in [-0.25, -0.2) is 9.37 Å². The van der Waals surface area contributed by atoms with Crippen molar-refractivity contribution >= 4 is 28.6 Å². The van der Waals surface area contributed by atoms with E-state index in [0.717, 1.165) is 23.5 Å². The molecule has 2 aliphatic rings. The highest BCUT2D eigenvalue weighted by molar-refractivity contribution is 6.32. The van der Waals surface area contributed by atoms with Crippen molar-refractivity contribution in [1.82, 2.24) is 4.98 Å². The largest absolute Gasteiger partial charge is 0.482 e. The molecule has 0 aliphatic carbocycles. The first-order valence-corrected chi connectivity index (χ1v) is 9.93. The number of carbonyl (C=O) groups excluding carboxylic acids is 1. The third kappa shape index (κ3) is 3.45. The second-order valence-corrected chi connectivity index (χ2v) is 7.76. The van der Waals surface area contributed by atoms with E-state index < -0.39 is 11.4 Å². The van der Waals surface area contributed by atoms with Crippen molar-refractivity contribution in [2.24, 2.45) is 0 Å². The number of carbonyl (C=O) groups is 1. The quantitative estimate of drug-likeness (QED) is 0.739. The zero-order valence-corrected chi connectivity index (χ0v) is 17.2. The summed E-state index contributed by atoms with van der Waals surface area (Å²) in [6.07, 6.45) is 3.63. The Bertz CT molecular complexity index is 1060. The normalized spacial score (nSPS) is 19.2. The molecular formula is C23H24FN3O3. The number of benzene rings is 1. The lowest BCUT2D eigenvalue weighted by Crippen LogP contribution is -2.27. The molecule has 0 saturated carbocycles. The molecule has 0 radical (unpaired) electrons. The smallest absolute Gasteiger partial charge is 0.260 e. The lowest BCUT2D eigenvalue weighted by Gasteiger charge is -2.24. The fourth-order valence-corrected chi connectivity index (χ4v) is 3.90. The molecular weight excluding hydrogens is 385 g/mol. The van der Waals surface area contributed by atoms with Crippen molar-refractivity contribution in [3.05, 3.63) is 65.3 Å². The number of aliphatic hydroxyl groups is 1. The van der Waals surface area contributed by atoms with Crippen molar-refractivity contribution in [2.75, 3.05) is 29.9 Å². The van der Waals surface area contributed by atoms with Gasteiger partial charge in [0.25, 0.3) is 5.91 Å². The second-order valence-electron chi connectivity index (χ2n) is 7.76. The Balaban J connectivity index is 1.72. The molecule has 2 aliphatic heterocycles. The Labute approximate surface area is 174 Å². The van der Waals surface area contributed by atoms with Gasteiger partial charge in [-0.05, 0) is 57.2 Å². The first kappa shape index (κ1) is 20.1. The Morgan fingerprint density at radius 1 is 1.27 bits per heavy atom. The van der Waals surface area contributed by atoms with Gasteiger partial charge in [0.15, 0.2) is 0 Å². The molecule has 6 nitrogen and oxygen atoms in total. The summed E-state index contributed by atoms with van der Waals surface area (Å²) in [4.78, 5) is 19.1. The maximum absolute atomic E-state index is 13.5. The van der Waals surface area contributed by atoms with Crippen LogP contribution in [0.25, 0.3) is 11.1 Å². The van der Waals surface area contributed by atoms with Gasteiger partial charge < -0.3 is 20.1 Å². The lowest BCUT2D eigenvalue weighted by atomic mass is 9.93. The highest BCUT2D eigenvalue weighted by Gasteiger charge is 2.38. The highest BCUT2D eigenvalue weighted by Crippen LogP contribution is 2.44. The number of likely N-dealkylation sites (N-methyl/N-ethyl adjacent to an activating group) is 1. The van der Waals surface area contributed by atoms with Gasteiger partial charge in [-0.15, -0.1) is 0 Å². The molecule has 0 unspecified atom stereocenters. The van der Waals surface area contributed by atoms with Crippen LogP contribution in [-0.2, 0) is 9.53 Å². The number of aromatic nitrogens is 1. The van der Waals surface area contributed by atoms with Crippen LogP contribution in [0.1, 0.15) is 31.9 Å². The van der Waals surface area contributed by atoms with Crippen molar-refractivity contribution < 1.29 is 19.0 Å². The Morgan fingerprint density at radius 3 is 2.73 bits per heavy atom. The number of rotatable bonds is 5. The van der Waals surface area contributed by atoms with E-state index in [1.54, 1.807) is 12.3 Å². The van der Waals surface area contributed by atoms with E-state index in [1.165, 1.54) is 12.1 Å². The molecule has 30 heavy (non-hydrogen) atoms. The number of nitrogens with one attached hydrogen (secondary N) is 1. The first-order valence-electron chi connectivity index (χ1n) is 9.93. The number of amides is 1. The van der Waals surface area contributed by atoms with Gasteiger partial charge in [0.1, 0.15) is 23.0 Å². The number of pyridine rings is 1. The fourth-order valence-electron chi connectivity index (χ4n) is 3.90. The van der Waals surface area contributed by atoms with Gasteiger partial charge in [-0.1, -0.05) is 0 Å².